The molecule has 0 fully saturated rings. The predicted molar refractivity (Wildman–Crippen MR) is 92.5 cm³/mol. The number of amides is 2. The van der Waals surface area contributed by atoms with E-state index >= 15 is 0 Å². The van der Waals surface area contributed by atoms with Gasteiger partial charge >= 0.3 is 6.18 Å². The van der Waals surface area contributed by atoms with Gasteiger partial charge in [-0.05, 0) is 24.6 Å². The van der Waals surface area contributed by atoms with Gasteiger partial charge in [0.1, 0.15) is 6.54 Å². The Morgan fingerprint density at radius 2 is 1.62 bits per heavy atom. The van der Waals surface area contributed by atoms with Crippen LogP contribution in [0.25, 0.3) is 0 Å². The summed E-state index contributed by atoms with van der Waals surface area (Å²) in [5.41, 5.74) is -0.444. The first-order chi connectivity index (χ1) is 12.2. The van der Waals surface area contributed by atoms with E-state index in [9.17, 15) is 22.8 Å². The van der Waals surface area contributed by atoms with Crippen LogP contribution in [0.4, 0.5) is 18.9 Å². The zero-order valence-corrected chi connectivity index (χ0v) is 14.4. The van der Waals surface area contributed by atoms with Crippen LogP contribution in [0.3, 0.4) is 0 Å². The van der Waals surface area contributed by atoms with Gasteiger partial charge < -0.3 is 10.2 Å². The fourth-order valence-corrected chi connectivity index (χ4v) is 2.57. The summed E-state index contributed by atoms with van der Waals surface area (Å²) in [6.07, 6.45) is -4.63. The molecule has 0 aliphatic carbocycles. The Morgan fingerprint density at radius 1 is 1.04 bits per heavy atom. The third kappa shape index (κ3) is 4.84. The standard InChI is InChI=1S/C19H19F3N2O2/c1-13(15-8-4-3-5-9-15)23-18(26)12-24(14(2)25)17-11-7-6-10-16(17)19(20,21)22/h3-11,13H,12H2,1-2H3,(H,23,26). The maximum Gasteiger partial charge on any atom is 0.418 e. The van der Waals surface area contributed by atoms with Gasteiger partial charge in [0.25, 0.3) is 0 Å². The van der Waals surface area contributed by atoms with Crippen LogP contribution in [0.5, 0.6) is 0 Å². The first-order valence-corrected chi connectivity index (χ1v) is 7.98. The van der Waals surface area contributed by atoms with E-state index in [1.54, 1.807) is 6.92 Å². The number of carbonyl (C=O) groups excluding carboxylic acids is 2. The maximum absolute atomic E-state index is 13.2. The summed E-state index contributed by atoms with van der Waals surface area (Å²) in [4.78, 5) is 25.0. The SMILES string of the molecule is CC(=O)N(CC(=O)NC(C)c1ccccc1)c1ccccc1C(F)(F)F. The smallest absolute Gasteiger partial charge is 0.348 e. The molecule has 7 heteroatoms. The number of hydrogen-bond acceptors (Lipinski definition) is 2. The fraction of sp³-hybridized carbons (Fsp3) is 0.263. The molecular formula is C19H19F3N2O2. The molecule has 0 radical (unpaired) electrons. The topological polar surface area (TPSA) is 49.4 Å². The fourth-order valence-electron chi connectivity index (χ4n) is 2.57. The van der Waals surface area contributed by atoms with Crippen molar-refractivity contribution in [3.8, 4) is 0 Å². The van der Waals surface area contributed by atoms with Crippen LogP contribution in [0.2, 0.25) is 0 Å². The Labute approximate surface area is 149 Å². The van der Waals surface area contributed by atoms with Gasteiger partial charge in [0, 0.05) is 6.92 Å². The van der Waals surface area contributed by atoms with E-state index in [2.05, 4.69) is 5.32 Å². The Bertz CT molecular complexity index is 776. The molecule has 4 nitrogen and oxygen atoms in total. The van der Waals surface area contributed by atoms with Crippen molar-refractivity contribution in [1.82, 2.24) is 5.32 Å². The molecule has 26 heavy (non-hydrogen) atoms. The van der Waals surface area contributed by atoms with Gasteiger partial charge in [-0.15, -0.1) is 0 Å². The van der Waals surface area contributed by atoms with Crippen LogP contribution in [0, 0.1) is 0 Å². The van der Waals surface area contributed by atoms with Gasteiger partial charge in [-0.1, -0.05) is 42.5 Å². The number of rotatable bonds is 5. The Morgan fingerprint density at radius 3 is 2.19 bits per heavy atom. The second kappa shape index (κ2) is 8.03. The molecule has 0 spiro atoms. The van der Waals surface area contributed by atoms with Gasteiger partial charge in [0.2, 0.25) is 11.8 Å². The second-order valence-electron chi connectivity index (χ2n) is 5.82. The van der Waals surface area contributed by atoms with Crippen molar-refractivity contribution in [1.29, 1.82) is 0 Å². The number of alkyl halides is 3. The summed E-state index contributed by atoms with van der Waals surface area (Å²) in [7, 11) is 0. The molecule has 2 rings (SSSR count). The summed E-state index contributed by atoms with van der Waals surface area (Å²) >= 11 is 0. The number of para-hydroxylation sites is 1. The summed E-state index contributed by atoms with van der Waals surface area (Å²) in [6.45, 7) is 2.38. The zero-order chi connectivity index (χ0) is 19.3. The lowest BCUT2D eigenvalue weighted by Crippen LogP contribution is -2.41. The molecule has 1 atom stereocenters. The minimum Gasteiger partial charge on any atom is -0.348 e. The van der Waals surface area contributed by atoms with Gasteiger partial charge in [-0.2, -0.15) is 13.2 Å². The molecule has 0 aromatic heterocycles. The average molecular weight is 364 g/mol. The highest BCUT2D eigenvalue weighted by Gasteiger charge is 2.35. The highest BCUT2D eigenvalue weighted by atomic mass is 19.4. The molecule has 2 aromatic rings. The van der Waals surface area contributed by atoms with Crippen molar-refractivity contribution in [3.63, 3.8) is 0 Å². The van der Waals surface area contributed by atoms with Crippen LogP contribution in [0.1, 0.15) is 31.0 Å². The second-order valence-corrected chi connectivity index (χ2v) is 5.82. The molecule has 2 aromatic carbocycles. The number of anilines is 1. The number of hydrogen-bond donors (Lipinski definition) is 1. The molecule has 138 valence electrons. The van der Waals surface area contributed by atoms with E-state index in [4.69, 9.17) is 0 Å². The van der Waals surface area contributed by atoms with Gasteiger partial charge in [-0.3, -0.25) is 9.59 Å². The maximum atomic E-state index is 13.2. The Balaban J connectivity index is 2.19. The Kier molecular flexibility index (Phi) is 6.02. The average Bonchev–Trinajstić information content (AvgIpc) is 2.59. The van der Waals surface area contributed by atoms with E-state index in [0.717, 1.165) is 23.5 Å². The van der Waals surface area contributed by atoms with Crippen LogP contribution in [0.15, 0.2) is 54.6 Å². The van der Waals surface area contributed by atoms with Crippen LogP contribution < -0.4 is 10.2 Å². The normalized spacial score (nSPS) is 12.3. The van der Waals surface area contributed by atoms with E-state index < -0.39 is 30.1 Å². The number of benzene rings is 2. The number of nitrogens with one attached hydrogen (secondary N) is 1. The van der Waals surface area contributed by atoms with E-state index in [1.165, 1.54) is 18.2 Å². The zero-order valence-electron chi connectivity index (χ0n) is 14.4. The largest absolute Gasteiger partial charge is 0.418 e. The van der Waals surface area contributed by atoms with Gasteiger partial charge in [-0.25, -0.2) is 0 Å². The van der Waals surface area contributed by atoms with Crippen molar-refractivity contribution < 1.29 is 22.8 Å². The highest BCUT2D eigenvalue weighted by molar-refractivity contribution is 5.98. The van der Waals surface area contributed by atoms with Gasteiger partial charge in [0.15, 0.2) is 0 Å². The lowest BCUT2D eigenvalue weighted by atomic mass is 10.1. The van der Waals surface area contributed by atoms with Crippen molar-refractivity contribution in [3.05, 3.63) is 65.7 Å². The quantitative estimate of drug-likeness (QED) is 0.874. The van der Waals surface area contributed by atoms with Crippen molar-refractivity contribution in [2.75, 3.05) is 11.4 Å². The molecule has 2 amide bonds. The molecule has 0 saturated heterocycles. The van der Waals surface area contributed by atoms with Crippen molar-refractivity contribution in [2.24, 2.45) is 0 Å². The molecule has 1 N–H and O–H groups in total. The molecule has 0 aliphatic rings. The number of carbonyl (C=O) groups is 2. The lowest BCUT2D eigenvalue weighted by Gasteiger charge is -2.25. The molecule has 1 unspecified atom stereocenters. The summed E-state index contributed by atoms with van der Waals surface area (Å²) in [5, 5.41) is 2.70. The van der Waals surface area contributed by atoms with E-state index in [0.29, 0.717) is 0 Å². The van der Waals surface area contributed by atoms with Crippen LogP contribution >= 0.6 is 0 Å². The van der Waals surface area contributed by atoms with Crippen LogP contribution in [-0.4, -0.2) is 18.4 Å². The number of nitrogens with zero attached hydrogens (tertiary/aromatic N) is 1. The van der Waals surface area contributed by atoms with Crippen molar-refractivity contribution in [2.45, 2.75) is 26.1 Å². The number of halogens is 3. The molecule has 0 bridgehead atoms. The van der Waals surface area contributed by atoms with Gasteiger partial charge in [0.05, 0.1) is 17.3 Å². The van der Waals surface area contributed by atoms with E-state index in [1.807, 2.05) is 30.3 Å². The van der Waals surface area contributed by atoms with E-state index in [-0.39, 0.29) is 11.7 Å². The monoisotopic (exact) mass is 364 g/mol. The summed E-state index contributed by atoms with van der Waals surface area (Å²) in [6, 6.07) is 13.5. The minimum absolute atomic E-state index is 0.338. The molecule has 0 heterocycles. The summed E-state index contributed by atoms with van der Waals surface area (Å²) in [5.74, 6) is -1.20. The first kappa shape index (κ1) is 19.5. The first-order valence-electron chi connectivity index (χ1n) is 7.98. The molecule has 0 aliphatic heterocycles. The molecular weight excluding hydrogens is 345 g/mol. The third-order valence-electron chi connectivity index (χ3n) is 3.86. The predicted octanol–water partition coefficient (Wildman–Crippen LogP) is 3.94. The minimum atomic E-state index is -4.63. The highest BCUT2D eigenvalue weighted by Crippen LogP contribution is 2.36. The van der Waals surface area contributed by atoms with Crippen molar-refractivity contribution >= 4 is 17.5 Å². The Hall–Kier alpha value is -2.83. The lowest BCUT2D eigenvalue weighted by molar-refractivity contribution is -0.137. The third-order valence-corrected chi connectivity index (χ3v) is 3.86. The van der Waals surface area contributed by atoms with Crippen LogP contribution in [-0.2, 0) is 15.8 Å². The summed E-state index contributed by atoms with van der Waals surface area (Å²) < 4.78 is 39.6. The molecule has 0 saturated carbocycles.